The van der Waals surface area contributed by atoms with Crippen LogP contribution in [0.25, 0.3) is 9.30 Å². The van der Waals surface area contributed by atoms with Crippen molar-refractivity contribution in [2.24, 2.45) is 0 Å². The third-order valence-corrected chi connectivity index (χ3v) is 14.0. The molecule has 0 aliphatic rings. The Labute approximate surface area is 232 Å². The minimum atomic E-state index is -1.11. The van der Waals surface area contributed by atoms with Crippen LogP contribution >= 0.6 is 0 Å². The third-order valence-electron chi connectivity index (χ3n) is 3.30. The molecule has 0 atom stereocenters. The van der Waals surface area contributed by atoms with Crippen LogP contribution < -0.4 is 24.0 Å². The van der Waals surface area contributed by atoms with E-state index < -0.39 is 32.9 Å². The van der Waals surface area contributed by atoms with Gasteiger partial charge in [-0.3, -0.25) is 0 Å². The van der Waals surface area contributed by atoms with Gasteiger partial charge in [-0.1, -0.05) is 177 Å². The molecule has 0 saturated carbocycles. The minimum Gasteiger partial charge on any atom is -1.00 e. The second-order valence-corrected chi connectivity index (χ2v) is 31.2. The minimum absolute atomic E-state index is 0. The topological polar surface area (TPSA) is 28.2 Å². The van der Waals surface area contributed by atoms with Gasteiger partial charge in [-0.05, 0) is 0 Å². The molecule has 2 nitrogen and oxygen atoms in total. The van der Waals surface area contributed by atoms with E-state index in [0.717, 1.165) is 0 Å². The van der Waals surface area contributed by atoms with Crippen molar-refractivity contribution < 1.29 is 24.0 Å². The Morgan fingerprint density at radius 2 is 0.567 bits per heavy atom. The van der Waals surface area contributed by atoms with Gasteiger partial charge < -0.3 is 33.3 Å². The molecule has 0 aromatic carbocycles. The summed E-state index contributed by atoms with van der Waals surface area (Å²) in [5.41, 5.74) is 0. The maximum absolute atomic E-state index is 4.82. The molecule has 0 unspecified atom stereocenters. The molecule has 4 radical (unpaired) electrons. The zero-order valence-corrected chi connectivity index (χ0v) is 32.4. The Kier molecular flexibility index (Phi) is 30.9. The van der Waals surface area contributed by atoms with Crippen molar-refractivity contribution >= 4 is 56.8 Å². The van der Waals surface area contributed by atoms with Crippen molar-refractivity contribution in [1.29, 1.82) is 0 Å². The molecule has 0 saturated heterocycles. The number of halogens is 1. The molecule has 0 rings (SSSR count). The molecule has 0 amide bonds. The van der Waals surface area contributed by atoms with Gasteiger partial charge in [0.2, 0.25) is 0 Å². The van der Waals surface area contributed by atoms with Gasteiger partial charge in [0.15, 0.2) is 0 Å². The van der Waals surface area contributed by atoms with E-state index in [4.69, 9.17) is 9.30 Å². The smallest absolute Gasteiger partial charge is 0 e. The first kappa shape index (κ1) is 42.5. The second kappa shape index (κ2) is 21.8. The van der Waals surface area contributed by atoms with Crippen LogP contribution in [0.4, 0.5) is 0 Å². The number of rotatable bonds is 11. The summed E-state index contributed by atoms with van der Waals surface area (Å²) in [7, 11) is -4.42. The zero-order chi connectivity index (χ0) is 23.1. The average Bonchev–Trinajstić information content (AvgIpc) is 2.36. The van der Waals surface area contributed by atoms with Crippen LogP contribution in [-0.4, -0.2) is 56.8 Å². The number of hydrogen-bond donors (Lipinski definition) is 0. The molecular weight excluding hydrogens is 650 g/mol. The Hall–Kier alpha value is 2.32. The SMILES string of the molecule is CCCCCCCCCC.C[Si](C)(C)[N-][Si](C)(C)C.C[Si](C)(C)[N-][Si](C)(C)C.[I-].[Sn]. The van der Waals surface area contributed by atoms with Crippen LogP contribution in [-0.2, 0) is 0 Å². The summed E-state index contributed by atoms with van der Waals surface area (Å²) in [6.45, 7) is 32.1. The van der Waals surface area contributed by atoms with E-state index in [-0.39, 0.29) is 47.9 Å². The molecule has 0 aliphatic heterocycles. The molecule has 0 fully saturated rings. The van der Waals surface area contributed by atoms with Gasteiger partial charge in [0.05, 0.1) is 0 Å². The molecule has 0 bridgehead atoms. The number of hydrogen-bond acceptors (Lipinski definition) is 0. The summed E-state index contributed by atoms with van der Waals surface area (Å²) in [5.74, 6) is 0. The van der Waals surface area contributed by atoms with Crippen molar-refractivity contribution in [2.75, 3.05) is 0 Å². The fourth-order valence-corrected chi connectivity index (χ4v) is 19.3. The first-order valence-corrected chi connectivity index (χ1v) is 25.6. The summed E-state index contributed by atoms with van der Waals surface area (Å²) >= 11 is 0. The Balaban J connectivity index is -0.000000101. The van der Waals surface area contributed by atoms with E-state index in [0.29, 0.717) is 0 Å². The molecule has 0 spiro atoms. The molecule has 0 aromatic heterocycles. The van der Waals surface area contributed by atoms with Crippen molar-refractivity contribution in [2.45, 2.75) is 144 Å². The van der Waals surface area contributed by atoms with E-state index in [9.17, 15) is 0 Å². The van der Waals surface area contributed by atoms with Gasteiger partial charge >= 0.3 is 0 Å². The van der Waals surface area contributed by atoms with Crippen molar-refractivity contribution in [3.05, 3.63) is 9.30 Å². The molecule has 186 valence electrons. The van der Waals surface area contributed by atoms with Gasteiger partial charge in [0.25, 0.3) is 0 Å². The van der Waals surface area contributed by atoms with Crippen molar-refractivity contribution in [3.8, 4) is 0 Å². The van der Waals surface area contributed by atoms with E-state index in [1.807, 2.05) is 0 Å². The van der Waals surface area contributed by atoms with Crippen LogP contribution in [0, 0.1) is 0 Å². The molecule has 0 heterocycles. The predicted octanol–water partition coefficient (Wildman–Crippen LogP) is 6.83. The molecule has 0 aliphatic carbocycles. The van der Waals surface area contributed by atoms with E-state index in [2.05, 4.69) is 92.4 Å². The Morgan fingerprint density at radius 1 is 0.400 bits per heavy atom. The third kappa shape index (κ3) is 57.3. The summed E-state index contributed by atoms with van der Waals surface area (Å²) in [5, 5.41) is 0. The van der Waals surface area contributed by atoms with Crippen LogP contribution in [0.3, 0.4) is 0 Å². The average molecular weight is 709 g/mol. The summed E-state index contributed by atoms with van der Waals surface area (Å²) in [6.07, 6.45) is 11.5. The second-order valence-electron chi connectivity index (χ2n) is 12.0. The largest absolute Gasteiger partial charge is 1.00 e. The summed E-state index contributed by atoms with van der Waals surface area (Å²) in [6, 6.07) is 0. The zero-order valence-electron chi connectivity index (χ0n) is 23.4. The van der Waals surface area contributed by atoms with Gasteiger partial charge in [-0.2, -0.15) is 0 Å². The molecule has 30 heavy (non-hydrogen) atoms. The van der Waals surface area contributed by atoms with E-state index in [1.54, 1.807) is 0 Å². The van der Waals surface area contributed by atoms with Gasteiger partial charge in [0, 0.05) is 23.9 Å². The quantitative estimate of drug-likeness (QED) is 0.128. The fourth-order valence-electron chi connectivity index (χ4n) is 3.22. The Bertz CT molecular complexity index is 289. The molecular formula is C22H58IN2Si4Sn-3. The first-order chi connectivity index (χ1) is 12.3. The maximum Gasteiger partial charge on any atom is 0 e. The molecule has 0 N–H and O–H groups in total. The molecule has 0 aromatic rings. The van der Waals surface area contributed by atoms with Crippen LogP contribution in [0.15, 0.2) is 0 Å². The first-order valence-electron chi connectivity index (χ1n) is 11.8. The normalized spacial score (nSPS) is 11.8. The standard InChI is InChI=1S/C10H22.2C6H18NSi2.HI.Sn/c1-3-5-7-9-10-8-6-4-2;2*1-8(2,3)7-9(4,5)6;;/h3-10H2,1-2H3;2*1-6H3;1H;/q;2*-1;;/p-1. The van der Waals surface area contributed by atoms with Crippen LogP contribution in [0.2, 0.25) is 78.6 Å². The van der Waals surface area contributed by atoms with Gasteiger partial charge in [0.1, 0.15) is 0 Å². The summed E-state index contributed by atoms with van der Waals surface area (Å²) in [4.78, 5) is 0. The van der Waals surface area contributed by atoms with Crippen LogP contribution in [0.5, 0.6) is 0 Å². The van der Waals surface area contributed by atoms with Crippen molar-refractivity contribution in [1.82, 2.24) is 0 Å². The van der Waals surface area contributed by atoms with Crippen molar-refractivity contribution in [3.63, 3.8) is 0 Å². The number of unbranched alkanes of at least 4 members (excludes halogenated alkanes) is 7. The van der Waals surface area contributed by atoms with Gasteiger partial charge in [-0.15, -0.1) is 0 Å². The van der Waals surface area contributed by atoms with E-state index >= 15 is 0 Å². The summed E-state index contributed by atoms with van der Waals surface area (Å²) < 4.78 is 9.64. The monoisotopic (exact) mass is 709 g/mol. The van der Waals surface area contributed by atoms with Crippen LogP contribution in [0.1, 0.15) is 65.2 Å². The van der Waals surface area contributed by atoms with E-state index in [1.165, 1.54) is 51.4 Å². The van der Waals surface area contributed by atoms with Gasteiger partial charge in [-0.25, -0.2) is 0 Å². The fraction of sp³-hybridized carbons (Fsp3) is 1.00. The number of nitrogens with zero attached hydrogens (tertiary/aromatic N) is 2. The maximum atomic E-state index is 4.82. The molecule has 8 heteroatoms. The Morgan fingerprint density at radius 3 is 0.667 bits per heavy atom. The predicted molar refractivity (Wildman–Crippen MR) is 154 cm³/mol.